The van der Waals surface area contributed by atoms with E-state index in [1.807, 2.05) is 18.2 Å². The van der Waals surface area contributed by atoms with Gasteiger partial charge in [-0.3, -0.25) is 11.3 Å². The molecule has 3 unspecified atom stereocenters. The van der Waals surface area contributed by atoms with Gasteiger partial charge in [-0.25, -0.2) is 0 Å². The predicted molar refractivity (Wildman–Crippen MR) is 71.6 cm³/mol. The Hall–Kier alpha value is -0.810. The Kier molecular flexibility index (Phi) is 4.45. The predicted octanol–water partition coefficient (Wildman–Crippen LogP) is 2.42. The highest BCUT2D eigenvalue weighted by Gasteiger charge is 2.30. The van der Waals surface area contributed by atoms with Crippen LogP contribution in [-0.2, 0) is 4.74 Å². The zero-order valence-electron chi connectivity index (χ0n) is 10.7. The van der Waals surface area contributed by atoms with Crippen LogP contribution in [0.4, 0.5) is 0 Å². The van der Waals surface area contributed by atoms with Gasteiger partial charge >= 0.3 is 0 Å². The smallest absolute Gasteiger partial charge is 0.137 e. The van der Waals surface area contributed by atoms with Crippen molar-refractivity contribution in [2.24, 2.45) is 5.84 Å². The number of methoxy groups -OCH3 is 1. The highest BCUT2D eigenvalue weighted by Crippen LogP contribution is 2.33. The van der Waals surface area contributed by atoms with Crippen LogP contribution in [0.3, 0.4) is 0 Å². The zero-order valence-corrected chi connectivity index (χ0v) is 11.4. The normalized spacial score (nSPS) is 25.1. The minimum absolute atomic E-state index is 0.0406. The lowest BCUT2D eigenvalue weighted by molar-refractivity contribution is 0.0316. The first kappa shape index (κ1) is 13.6. The van der Waals surface area contributed by atoms with Crippen LogP contribution in [0.15, 0.2) is 18.2 Å². The molecule has 1 fully saturated rings. The number of nitrogens with two attached hydrogens (primary N) is 1. The Balaban J connectivity index is 2.22. The summed E-state index contributed by atoms with van der Waals surface area (Å²) >= 11 is 6.02. The fourth-order valence-corrected chi connectivity index (χ4v) is 2.56. The van der Waals surface area contributed by atoms with Crippen LogP contribution in [0.2, 0.25) is 5.02 Å². The Morgan fingerprint density at radius 2 is 2.28 bits per heavy atom. The van der Waals surface area contributed by atoms with Gasteiger partial charge in [0.2, 0.25) is 0 Å². The van der Waals surface area contributed by atoms with E-state index in [0.717, 1.165) is 18.4 Å². The third kappa shape index (κ3) is 2.78. The largest absolute Gasteiger partial charge is 0.495 e. The highest BCUT2D eigenvalue weighted by molar-refractivity contribution is 6.32. The van der Waals surface area contributed by atoms with E-state index in [-0.39, 0.29) is 12.1 Å². The molecular formula is C13H19ClN2O2. The Morgan fingerprint density at radius 3 is 2.83 bits per heavy atom. The fraction of sp³-hybridized carbons (Fsp3) is 0.538. The van der Waals surface area contributed by atoms with Gasteiger partial charge in [0.15, 0.2) is 0 Å². The molecule has 0 bridgehead atoms. The summed E-state index contributed by atoms with van der Waals surface area (Å²) in [6.07, 6.45) is 2.45. The van der Waals surface area contributed by atoms with Crippen LogP contribution in [0, 0.1) is 0 Å². The van der Waals surface area contributed by atoms with Crippen molar-refractivity contribution in [1.29, 1.82) is 0 Å². The van der Waals surface area contributed by atoms with Crippen molar-refractivity contribution in [3.05, 3.63) is 28.8 Å². The Labute approximate surface area is 112 Å². The molecule has 100 valence electrons. The van der Waals surface area contributed by atoms with Gasteiger partial charge in [-0.05, 0) is 37.5 Å². The van der Waals surface area contributed by atoms with Crippen molar-refractivity contribution in [3.63, 3.8) is 0 Å². The Morgan fingerprint density at radius 1 is 1.50 bits per heavy atom. The maximum atomic E-state index is 6.02. The average molecular weight is 271 g/mol. The summed E-state index contributed by atoms with van der Waals surface area (Å²) in [5, 5.41) is 0.595. The second-order valence-corrected chi connectivity index (χ2v) is 5.01. The van der Waals surface area contributed by atoms with Gasteiger partial charge in [-0.1, -0.05) is 17.7 Å². The molecule has 1 aromatic rings. The molecule has 0 aliphatic carbocycles. The minimum atomic E-state index is -0.0406. The molecule has 0 amide bonds. The highest BCUT2D eigenvalue weighted by atomic mass is 35.5. The molecule has 0 saturated carbocycles. The quantitative estimate of drug-likeness (QED) is 0.652. The second-order valence-electron chi connectivity index (χ2n) is 4.60. The molecule has 1 heterocycles. The molecule has 0 radical (unpaired) electrons. The van der Waals surface area contributed by atoms with Crippen molar-refractivity contribution in [1.82, 2.24) is 5.43 Å². The van der Waals surface area contributed by atoms with Crippen molar-refractivity contribution >= 4 is 11.6 Å². The molecule has 1 saturated heterocycles. The first-order chi connectivity index (χ1) is 8.65. The summed E-state index contributed by atoms with van der Waals surface area (Å²) in [5.74, 6) is 6.31. The molecule has 1 aliphatic heterocycles. The molecular weight excluding hydrogens is 252 g/mol. The van der Waals surface area contributed by atoms with Crippen LogP contribution in [0.5, 0.6) is 5.75 Å². The van der Waals surface area contributed by atoms with Gasteiger partial charge in [0, 0.05) is 0 Å². The monoisotopic (exact) mass is 270 g/mol. The maximum Gasteiger partial charge on any atom is 0.137 e. The number of benzene rings is 1. The van der Waals surface area contributed by atoms with Crippen LogP contribution >= 0.6 is 11.6 Å². The summed E-state index contributed by atoms with van der Waals surface area (Å²) in [7, 11) is 1.60. The van der Waals surface area contributed by atoms with Gasteiger partial charge in [0.05, 0.1) is 30.4 Å². The molecule has 4 nitrogen and oxygen atoms in total. The van der Waals surface area contributed by atoms with Crippen LogP contribution in [0.1, 0.15) is 31.4 Å². The summed E-state index contributed by atoms with van der Waals surface area (Å²) < 4.78 is 11.1. The third-order valence-electron chi connectivity index (χ3n) is 3.35. The van der Waals surface area contributed by atoms with E-state index in [0.29, 0.717) is 16.9 Å². The fourth-order valence-electron chi connectivity index (χ4n) is 2.37. The third-order valence-corrected chi connectivity index (χ3v) is 3.66. The molecule has 1 aliphatic rings. The number of halogens is 1. The molecule has 5 heteroatoms. The van der Waals surface area contributed by atoms with Crippen molar-refractivity contribution in [2.45, 2.75) is 38.0 Å². The van der Waals surface area contributed by atoms with Crippen LogP contribution < -0.4 is 16.0 Å². The standard InChI is InChI=1S/C13H19ClN2O2/c1-8-3-6-11(18-8)13(16-15)9-4-5-10(14)12(7-9)17-2/h4-5,7-8,11,13,16H,3,6,15H2,1-2H3. The van der Waals surface area contributed by atoms with Crippen LogP contribution in [-0.4, -0.2) is 19.3 Å². The summed E-state index contributed by atoms with van der Waals surface area (Å²) in [5.41, 5.74) is 3.85. The van der Waals surface area contributed by atoms with E-state index >= 15 is 0 Å². The molecule has 1 aromatic carbocycles. The van der Waals surface area contributed by atoms with E-state index in [1.165, 1.54) is 0 Å². The van der Waals surface area contributed by atoms with E-state index in [1.54, 1.807) is 7.11 Å². The molecule has 3 N–H and O–H groups in total. The summed E-state index contributed by atoms with van der Waals surface area (Å²) in [4.78, 5) is 0. The maximum absolute atomic E-state index is 6.02. The first-order valence-corrected chi connectivity index (χ1v) is 6.48. The van der Waals surface area contributed by atoms with Gasteiger partial charge in [0.25, 0.3) is 0 Å². The Bertz CT molecular complexity index is 414. The number of hydrogen-bond acceptors (Lipinski definition) is 4. The first-order valence-electron chi connectivity index (χ1n) is 6.10. The number of hydrazine groups is 1. The topological polar surface area (TPSA) is 56.5 Å². The zero-order chi connectivity index (χ0) is 13.1. The second kappa shape index (κ2) is 5.89. The summed E-state index contributed by atoms with van der Waals surface area (Å²) in [6.45, 7) is 2.08. The number of ether oxygens (including phenoxy) is 2. The minimum Gasteiger partial charge on any atom is -0.495 e. The van der Waals surface area contributed by atoms with Gasteiger partial charge < -0.3 is 9.47 Å². The molecule has 0 spiro atoms. The lowest BCUT2D eigenvalue weighted by Crippen LogP contribution is -2.36. The van der Waals surface area contributed by atoms with Crippen molar-refractivity contribution in [3.8, 4) is 5.75 Å². The van der Waals surface area contributed by atoms with Gasteiger partial charge in [0.1, 0.15) is 5.75 Å². The molecule has 0 aromatic heterocycles. The van der Waals surface area contributed by atoms with E-state index in [4.69, 9.17) is 26.9 Å². The molecule has 2 rings (SSSR count). The van der Waals surface area contributed by atoms with E-state index < -0.39 is 0 Å². The lowest BCUT2D eigenvalue weighted by atomic mass is 9.99. The van der Waals surface area contributed by atoms with Crippen LogP contribution in [0.25, 0.3) is 0 Å². The number of nitrogens with one attached hydrogen (secondary N) is 1. The number of rotatable bonds is 4. The van der Waals surface area contributed by atoms with Gasteiger partial charge in [-0.15, -0.1) is 0 Å². The average Bonchev–Trinajstić information content (AvgIpc) is 2.79. The summed E-state index contributed by atoms with van der Waals surface area (Å²) in [6, 6.07) is 5.63. The van der Waals surface area contributed by atoms with Gasteiger partial charge in [-0.2, -0.15) is 0 Å². The molecule has 3 atom stereocenters. The van der Waals surface area contributed by atoms with Crippen molar-refractivity contribution < 1.29 is 9.47 Å². The number of hydrogen-bond donors (Lipinski definition) is 2. The van der Waals surface area contributed by atoms with E-state index in [9.17, 15) is 0 Å². The lowest BCUT2D eigenvalue weighted by Gasteiger charge is -2.23. The SMILES string of the molecule is COc1cc(C(NN)C2CCC(C)O2)ccc1Cl. The van der Waals surface area contributed by atoms with E-state index in [2.05, 4.69) is 12.3 Å². The van der Waals surface area contributed by atoms with Crippen molar-refractivity contribution in [2.75, 3.05) is 7.11 Å². The molecule has 18 heavy (non-hydrogen) atoms.